The van der Waals surface area contributed by atoms with Crippen molar-refractivity contribution in [2.24, 2.45) is 0 Å². The Balaban J connectivity index is 0.000000120. The zero-order valence-electron chi connectivity index (χ0n) is 6.27. The first-order valence-corrected chi connectivity index (χ1v) is 3.33. The molecule has 2 heterocycles. The molecule has 0 unspecified atom stereocenters. The molecule has 0 amide bonds. The van der Waals surface area contributed by atoms with E-state index in [1.165, 1.54) is 6.07 Å². The Morgan fingerprint density at radius 1 is 1.17 bits per heavy atom. The van der Waals surface area contributed by atoms with Crippen LogP contribution in [0.5, 0.6) is 0 Å². The maximum absolute atomic E-state index is 9.98. The molecule has 5 heteroatoms. The van der Waals surface area contributed by atoms with Crippen LogP contribution in [0.4, 0.5) is 0 Å². The average Bonchev–Trinajstić information content (AvgIpc) is 2.60. The van der Waals surface area contributed by atoms with Crippen molar-refractivity contribution in [1.82, 2.24) is 20.4 Å². The molecule has 0 aromatic carbocycles. The number of hydrogen-bond donors (Lipinski definition) is 2. The van der Waals surface area contributed by atoms with Gasteiger partial charge in [-0.05, 0) is 12.1 Å². The zero-order chi connectivity index (χ0) is 8.65. The lowest BCUT2D eigenvalue weighted by Gasteiger charge is -1.69. The van der Waals surface area contributed by atoms with Crippen LogP contribution in [0.1, 0.15) is 0 Å². The van der Waals surface area contributed by atoms with Crippen molar-refractivity contribution in [1.29, 1.82) is 0 Å². The monoisotopic (exact) mass is 164 g/mol. The van der Waals surface area contributed by atoms with Crippen LogP contribution in [0.3, 0.4) is 0 Å². The SMILES string of the molecule is O=c1cc[nH][nH]1.c1ccnnc1. The van der Waals surface area contributed by atoms with E-state index in [9.17, 15) is 4.79 Å². The largest absolute Gasteiger partial charge is 0.305 e. The fourth-order valence-electron chi connectivity index (χ4n) is 0.525. The van der Waals surface area contributed by atoms with E-state index in [2.05, 4.69) is 20.4 Å². The molecule has 0 aliphatic rings. The molecule has 0 aliphatic carbocycles. The first-order chi connectivity index (χ1) is 5.89. The minimum absolute atomic E-state index is 0.0880. The van der Waals surface area contributed by atoms with E-state index in [-0.39, 0.29) is 5.56 Å². The van der Waals surface area contributed by atoms with E-state index in [0.29, 0.717) is 0 Å². The minimum Gasteiger partial charge on any atom is -0.305 e. The summed E-state index contributed by atoms with van der Waals surface area (Å²) in [6.45, 7) is 0. The topological polar surface area (TPSA) is 74.4 Å². The van der Waals surface area contributed by atoms with Crippen molar-refractivity contribution in [3.8, 4) is 0 Å². The van der Waals surface area contributed by atoms with E-state index in [1.807, 2.05) is 12.1 Å². The van der Waals surface area contributed by atoms with Gasteiger partial charge in [-0.1, -0.05) is 0 Å². The summed E-state index contributed by atoms with van der Waals surface area (Å²) in [5.74, 6) is 0. The summed E-state index contributed by atoms with van der Waals surface area (Å²) in [4.78, 5) is 9.98. The van der Waals surface area contributed by atoms with Crippen LogP contribution in [0.2, 0.25) is 0 Å². The van der Waals surface area contributed by atoms with Crippen LogP contribution in [0.15, 0.2) is 41.6 Å². The predicted octanol–water partition coefficient (Wildman–Crippen LogP) is 0.180. The molecule has 2 aromatic heterocycles. The maximum atomic E-state index is 9.98. The molecule has 12 heavy (non-hydrogen) atoms. The lowest BCUT2D eigenvalue weighted by molar-refractivity contribution is 1.03. The van der Waals surface area contributed by atoms with Gasteiger partial charge in [-0.15, -0.1) is 0 Å². The zero-order valence-corrected chi connectivity index (χ0v) is 6.27. The molecule has 62 valence electrons. The van der Waals surface area contributed by atoms with Gasteiger partial charge < -0.3 is 5.10 Å². The molecule has 2 rings (SSSR count). The number of nitrogens with one attached hydrogen (secondary N) is 2. The number of rotatable bonds is 0. The molecule has 2 aromatic rings. The molecule has 0 saturated heterocycles. The average molecular weight is 164 g/mol. The quantitative estimate of drug-likeness (QED) is 0.583. The number of aromatic amines is 2. The number of aromatic nitrogens is 4. The molecule has 0 fully saturated rings. The third-order valence-electron chi connectivity index (χ3n) is 0.997. The van der Waals surface area contributed by atoms with Crippen molar-refractivity contribution in [3.05, 3.63) is 47.1 Å². The summed E-state index contributed by atoms with van der Waals surface area (Å²) in [6.07, 6.45) is 4.82. The van der Waals surface area contributed by atoms with E-state index in [1.54, 1.807) is 18.6 Å². The van der Waals surface area contributed by atoms with Crippen LogP contribution in [-0.2, 0) is 0 Å². The van der Waals surface area contributed by atoms with Gasteiger partial charge in [-0.3, -0.25) is 9.89 Å². The van der Waals surface area contributed by atoms with Gasteiger partial charge in [0.15, 0.2) is 0 Å². The fourth-order valence-corrected chi connectivity index (χ4v) is 0.525. The van der Waals surface area contributed by atoms with Gasteiger partial charge >= 0.3 is 0 Å². The fraction of sp³-hybridized carbons (Fsp3) is 0. The van der Waals surface area contributed by atoms with Crippen LogP contribution in [0.25, 0.3) is 0 Å². The smallest absolute Gasteiger partial charge is 0.263 e. The Morgan fingerprint density at radius 3 is 2.00 bits per heavy atom. The van der Waals surface area contributed by atoms with Crippen LogP contribution in [0, 0.1) is 0 Å². The standard InChI is InChI=1S/C4H4N2.C3H4N2O/c1-2-4-6-5-3-1;6-3-1-2-4-5-3/h1-4H;1-2H,(H2,4,5,6). The van der Waals surface area contributed by atoms with Gasteiger partial charge in [0, 0.05) is 24.7 Å². The summed E-state index contributed by atoms with van der Waals surface area (Å²) >= 11 is 0. The van der Waals surface area contributed by atoms with Crippen molar-refractivity contribution in [2.75, 3.05) is 0 Å². The Bertz CT molecular complexity index is 296. The molecule has 0 saturated carbocycles. The molecule has 0 atom stereocenters. The molecular formula is C7H8N4O. The van der Waals surface area contributed by atoms with Gasteiger partial charge in [0.05, 0.1) is 0 Å². The Kier molecular flexibility index (Phi) is 3.30. The van der Waals surface area contributed by atoms with E-state index >= 15 is 0 Å². The number of nitrogens with zero attached hydrogens (tertiary/aromatic N) is 2. The molecule has 5 nitrogen and oxygen atoms in total. The first-order valence-electron chi connectivity index (χ1n) is 3.33. The second kappa shape index (κ2) is 4.84. The Labute approximate surface area is 68.5 Å². The van der Waals surface area contributed by atoms with E-state index in [0.717, 1.165) is 0 Å². The molecular weight excluding hydrogens is 156 g/mol. The van der Waals surface area contributed by atoms with Crippen LogP contribution < -0.4 is 5.56 Å². The number of hydrogen-bond acceptors (Lipinski definition) is 3. The molecule has 0 radical (unpaired) electrons. The molecule has 0 spiro atoms. The van der Waals surface area contributed by atoms with Crippen molar-refractivity contribution >= 4 is 0 Å². The van der Waals surface area contributed by atoms with Crippen molar-refractivity contribution < 1.29 is 0 Å². The summed E-state index contributed by atoms with van der Waals surface area (Å²) in [5.41, 5.74) is -0.0880. The van der Waals surface area contributed by atoms with E-state index in [4.69, 9.17) is 0 Å². The van der Waals surface area contributed by atoms with Gasteiger partial charge in [0.25, 0.3) is 5.56 Å². The van der Waals surface area contributed by atoms with Gasteiger partial charge in [0.2, 0.25) is 0 Å². The summed E-state index contributed by atoms with van der Waals surface area (Å²) < 4.78 is 0. The lowest BCUT2D eigenvalue weighted by atomic mass is 10.6. The highest BCUT2D eigenvalue weighted by Crippen LogP contribution is 1.68. The van der Waals surface area contributed by atoms with Gasteiger partial charge in [-0.2, -0.15) is 10.2 Å². The van der Waals surface area contributed by atoms with Crippen LogP contribution in [-0.4, -0.2) is 20.4 Å². The van der Waals surface area contributed by atoms with E-state index < -0.39 is 0 Å². The summed E-state index contributed by atoms with van der Waals surface area (Å²) in [6, 6.07) is 5.07. The van der Waals surface area contributed by atoms with Crippen LogP contribution >= 0.6 is 0 Å². The highest BCUT2D eigenvalue weighted by Gasteiger charge is 1.70. The first kappa shape index (κ1) is 8.19. The third-order valence-corrected chi connectivity index (χ3v) is 0.997. The predicted molar refractivity (Wildman–Crippen MR) is 43.4 cm³/mol. The summed E-state index contributed by atoms with van der Waals surface area (Å²) in [7, 11) is 0. The second-order valence-corrected chi connectivity index (χ2v) is 1.88. The molecule has 0 bridgehead atoms. The van der Waals surface area contributed by atoms with Crippen molar-refractivity contribution in [3.63, 3.8) is 0 Å². The highest BCUT2D eigenvalue weighted by molar-refractivity contribution is 4.79. The summed E-state index contributed by atoms with van der Waals surface area (Å²) in [5, 5.41) is 11.9. The van der Waals surface area contributed by atoms with Gasteiger partial charge in [0.1, 0.15) is 0 Å². The third kappa shape index (κ3) is 3.31. The highest BCUT2D eigenvalue weighted by atomic mass is 16.1. The number of H-pyrrole nitrogens is 2. The second-order valence-electron chi connectivity index (χ2n) is 1.88. The minimum atomic E-state index is -0.0880. The normalized spacial score (nSPS) is 8.33. The lowest BCUT2D eigenvalue weighted by Crippen LogP contribution is -1.93. The Hall–Kier alpha value is -1.91. The molecule has 2 N–H and O–H groups in total. The van der Waals surface area contributed by atoms with Gasteiger partial charge in [-0.25, -0.2) is 0 Å². The maximum Gasteiger partial charge on any atom is 0.263 e. The van der Waals surface area contributed by atoms with Crippen molar-refractivity contribution in [2.45, 2.75) is 0 Å². The Morgan fingerprint density at radius 2 is 1.83 bits per heavy atom. The molecule has 0 aliphatic heterocycles.